The molecule has 0 saturated heterocycles. The van der Waals surface area contributed by atoms with E-state index < -0.39 is 48.4 Å². The molecule has 4 atom stereocenters. The smallest absolute Gasteiger partial charge is 0.220 e. The first-order valence-electron chi connectivity index (χ1n) is 14.4. The molecule has 35 heavy (non-hydrogen) atoms. The zero-order valence-electron chi connectivity index (χ0n) is 24.3. The Morgan fingerprint density at radius 1 is 1.23 bits per heavy atom. The van der Waals surface area contributed by atoms with E-state index in [-0.39, 0.29) is 30.1 Å². The number of aromatic hydroxyl groups is 2. The molecule has 1 aromatic carbocycles. The third-order valence-electron chi connectivity index (χ3n) is 6.12. The Labute approximate surface area is 214 Å². The van der Waals surface area contributed by atoms with E-state index in [9.17, 15) is 30.0 Å². The summed E-state index contributed by atoms with van der Waals surface area (Å²) in [6, 6.07) is 3.09. The first-order valence-corrected chi connectivity index (χ1v) is 12.4. The van der Waals surface area contributed by atoms with E-state index in [0.29, 0.717) is 25.7 Å². The highest BCUT2D eigenvalue weighted by Crippen LogP contribution is 2.33. The van der Waals surface area contributed by atoms with Crippen molar-refractivity contribution >= 4 is 11.7 Å². The van der Waals surface area contributed by atoms with Gasteiger partial charge in [0.25, 0.3) is 0 Å². The van der Waals surface area contributed by atoms with Crippen molar-refractivity contribution < 1.29 is 35.5 Å². The second-order valence-corrected chi connectivity index (χ2v) is 8.98. The molecule has 1 amide bonds. The Morgan fingerprint density at radius 2 is 2.03 bits per heavy atom. The highest BCUT2D eigenvalue weighted by molar-refractivity contribution is 5.86. The zero-order valence-corrected chi connectivity index (χ0v) is 20.3. The molecule has 1 fully saturated rings. The van der Waals surface area contributed by atoms with Crippen LogP contribution in [0.25, 0.3) is 0 Å². The maximum Gasteiger partial charge on any atom is 0.220 e. The summed E-state index contributed by atoms with van der Waals surface area (Å²) in [6.45, 7) is -0.691. The van der Waals surface area contributed by atoms with Crippen LogP contribution in [-0.4, -0.2) is 50.8 Å². The van der Waals surface area contributed by atoms with Crippen LogP contribution in [0, 0.1) is 11.8 Å². The Hall–Kier alpha value is -2.64. The number of rotatable bonds is 15. The van der Waals surface area contributed by atoms with Gasteiger partial charge in [-0.2, -0.15) is 0 Å². The number of ketones is 1. The standard InChI is InChI=1S/C28H41NO6/c1-2-3-6-9-21(30)13-14-23-22(25(32)19-26(23)33)10-7-4-5-8-11-28(35)29-17-16-20-12-15-24(31)27(34)18-20/h4,7,12-15,18,21-23,25,30-32,34H,2-3,5-6,8-11,16-17,19H2,1H3,(H,29,35)/b7-4-,14-13+/t21-,22+,23+,25-/m0/s1/i16D2,17D2. The first-order chi connectivity index (χ1) is 18.3. The van der Waals surface area contributed by atoms with Gasteiger partial charge in [-0.15, -0.1) is 0 Å². The van der Waals surface area contributed by atoms with Gasteiger partial charge in [-0.1, -0.05) is 56.6 Å². The van der Waals surface area contributed by atoms with Crippen LogP contribution >= 0.6 is 0 Å². The Balaban J connectivity index is 1.82. The minimum Gasteiger partial charge on any atom is -0.504 e. The number of carbonyl (C=O) groups is 2. The molecular weight excluding hydrogens is 446 g/mol. The van der Waals surface area contributed by atoms with Gasteiger partial charge >= 0.3 is 0 Å². The number of hydrogen-bond acceptors (Lipinski definition) is 6. The van der Waals surface area contributed by atoms with E-state index in [4.69, 9.17) is 5.48 Å². The number of nitrogens with one attached hydrogen (secondary N) is 1. The number of amides is 1. The number of unbranched alkanes of at least 4 members (excludes halogenated alkanes) is 3. The summed E-state index contributed by atoms with van der Waals surface area (Å²) in [5.74, 6) is -2.54. The molecule has 0 bridgehead atoms. The van der Waals surface area contributed by atoms with Gasteiger partial charge < -0.3 is 25.7 Å². The highest BCUT2D eigenvalue weighted by Gasteiger charge is 2.39. The number of allylic oxidation sites excluding steroid dienone is 3. The summed E-state index contributed by atoms with van der Waals surface area (Å²) in [5, 5.41) is 41.5. The monoisotopic (exact) mass is 491 g/mol. The Kier molecular flexibility index (Phi) is 10.0. The highest BCUT2D eigenvalue weighted by atomic mass is 16.3. The van der Waals surface area contributed by atoms with Crippen LogP contribution in [0.15, 0.2) is 42.5 Å². The molecule has 0 aromatic heterocycles. The Bertz CT molecular complexity index is 1030. The van der Waals surface area contributed by atoms with Gasteiger partial charge in [0.05, 0.1) is 12.2 Å². The number of Topliss-reactive ketones (excluding diaryl/α,β-unsaturated/α-hetero) is 1. The molecule has 2 rings (SSSR count). The molecule has 1 aromatic rings. The molecule has 7 heteroatoms. The number of hydrogen-bond donors (Lipinski definition) is 5. The summed E-state index contributed by atoms with van der Waals surface area (Å²) < 4.78 is 32.4. The summed E-state index contributed by atoms with van der Waals surface area (Å²) in [6.07, 6.45) is 7.99. The van der Waals surface area contributed by atoms with E-state index in [1.807, 2.05) is 12.2 Å². The van der Waals surface area contributed by atoms with Crippen molar-refractivity contribution in [1.29, 1.82) is 0 Å². The third-order valence-corrected chi connectivity index (χ3v) is 6.12. The van der Waals surface area contributed by atoms with Crippen LogP contribution in [0.2, 0.25) is 0 Å². The summed E-state index contributed by atoms with van der Waals surface area (Å²) in [5.41, 5.74) is -0.238. The zero-order chi connectivity index (χ0) is 29.2. The fourth-order valence-electron chi connectivity index (χ4n) is 4.06. The van der Waals surface area contributed by atoms with E-state index in [2.05, 4.69) is 12.2 Å². The van der Waals surface area contributed by atoms with Gasteiger partial charge in [0.1, 0.15) is 5.78 Å². The average molecular weight is 492 g/mol. The normalized spacial score (nSPS) is 23.7. The van der Waals surface area contributed by atoms with Crippen LogP contribution in [0.3, 0.4) is 0 Å². The van der Waals surface area contributed by atoms with Crippen molar-refractivity contribution in [3.8, 4) is 11.5 Å². The number of phenolic OH excluding ortho intramolecular Hbond substituents is 2. The largest absolute Gasteiger partial charge is 0.504 e. The molecule has 1 aliphatic rings. The Morgan fingerprint density at radius 3 is 2.77 bits per heavy atom. The van der Waals surface area contributed by atoms with Crippen molar-refractivity contribution in [2.45, 2.75) is 83.3 Å². The fraction of sp³-hybridized carbons (Fsp3) is 0.571. The average Bonchev–Trinajstić information content (AvgIpc) is 3.13. The van der Waals surface area contributed by atoms with Crippen molar-refractivity contribution in [3.05, 3.63) is 48.1 Å². The molecule has 1 aliphatic carbocycles. The number of benzene rings is 1. The molecule has 0 aliphatic heterocycles. The predicted octanol–water partition coefficient (Wildman–Crippen LogP) is 3.94. The van der Waals surface area contributed by atoms with E-state index >= 15 is 0 Å². The van der Waals surface area contributed by atoms with Gasteiger partial charge in [-0.3, -0.25) is 9.59 Å². The number of carbonyl (C=O) groups excluding carboxylic acids is 2. The molecule has 1 saturated carbocycles. The number of aliphatic hydroxyl groups excluding tert-OH is 2. The van der Waals surface area contributed by atoms with Crippen LogP contribution in [0.4, 0.5) is 0 Å². The number of aliphatic hydroxyl groups is 2. The SMILES string of the molecule is [2H]C([2H])(NC(=O)CCC/C=C\C[C@H]1[C@@H](O)CC(=O)[C@@H]1/C=C/[C@@H](O)CCCCC)C([2H])([2H])c1ccc(O)c(O)c1. The summed E-state index contributed by atoms with van der Waals surface area (Å²) in [4.78, 5) is 24.6. The van der Waals surface area contributed by atoms with Gasteiger partial charge in [0.15, 0.2) is 11.5 Å². The molecule has 194 valence electrons. The van der Waals surface area contributed by atoms with Crippen LogP contribution in [0.5, 0.6) is 11.5 Å². The minimum absolute atomic E-state index is 0.0490. The van der Waals surface area contributed by atoms with Gasteiger partial charge in [-0.25, -0.2) is 0 Å². The first kappa shape index (κ1) is 22.8. The van der Waals surface area contributed by atoms with E-state index in [1.165, 1.54) is 0 Å². The van der Waals surface area contributed by atoms with Gasteiger partial charge in [0.2, 0.25) is 5.91 Å². The third kappa shape index (κ3) is 10.2. The van der Waals surface area contributed by atoms with Crippen LogP contribution < -0.4 is 5.32 Å². The summed E-state index contributed by atoms with van der Waals surface area (Å²) in [7, 11) is 0. The second-order valence-electron chi connectivity index (χ2n) is 8.98. The lowest BCUT2D eigenvalue weighted by Gasteiger charge is -2.17. The van der Waals surface area contributed by atoms with Crippen molar-refractivity contribution in [1.82, 2.24) is 5.32 Å². The van der Waals surface area contributed by atoms with Crippen molar-refractivity contribution in [3.63, 3.8) is 0 Å². The van der Waals surface area contributed by atoms with Crippen molar-refractivity contribution in [2.24, 2.45) is 11.8 Å². The molecule has 0 radical (unpaired) electrons. The molecule has 0 unspecified atom stereocenters. The fourth-order valence-corrected chi connectivity index (χ4v) is 4.06. The number of phenols is 2. The van der Waals surface area contributed by atoms with Crippen LogP contribution in [-0.2, 0) is 16.0 Å². The van der Waals surface area contributed by atoms with Gasteiger partial charge in [-0.05, 0) is 49.8 Å². The lowest BCUT2D eigenvalue weighted by atomic mass is 9.90. The number of aryl methyl sites for hydroxylation is 1. The molecule has 0 spiro atoms. The minimum atomic E-state index is -2.78. The second kappa shape index (κ2) is 15.4. The molecule has 5 N–H and O–H groups in total. The maximum absolute atomic E-state index is 12.3. The lowest BCUT2D eigenvalue weighted by molar-refractivity contribution is -0.121. The quantitative estimate of drug-likeness (QED) is 0.144. The molecule has 0 heterocycles. The topological polar surface area (TPSA) is 127 Å². The van der Waals surface area contributed by atoms with E-state index in [0.717, 1.165) is 37.5 Å². The van der Waals surface area contributed by atoms with Crippen molar-refractivity contribution in [2.75, 3.05) is 6.50 Å². The lowest BCUT2D eigenvalue weighted by Crippen LogP contribution is -2.25. The van der Waals surface area contributed by atoms with Crippen LogP contribution in [0.1, 0.15) is 75.8 Å². The van der Waals surface area contributed by atoms with Gasteiger partial charge in [0, 0.05) is 36.7 Å². The molecule has 7 nitrogen and oxygen atoms in total. The molecular formula is C28H41NO6. The van der Waals surface area contributed by atoms with E-state index in [1.54, 1.807) is 12.2 Å². The maximum atomic E-state index is 12.3. The summed E-state index contributed by atoms with van der Waals surface area (Å²) >= 11 is 0. The predicted molar refractivity (Wildman–Crippen MR) is 136 cm³/mol.